The molecule has 7 rings (SSSR count). The molecule has 1 saturated carbocycles. The summed E-state index contributed by atoms with van der Waals surface area (Å²) in [6, 6.07) is 24.0. The van der Waals surface area contributed by atoms with Crippen molar-refractivity contribution < 1.29 is 33.7 Å². The Morgan fingerprint density at radius 3 is 2.52 bits per heavy atom. The summed E-state index contributed by atoms with van der Waals surface area (Å²) in [5, 5.41) is 27.3. The van der Waals surface area contributed by atoms with Crippen molar-refractivity contribution in [1.29, 1.82) is 0 Å². The summed E-state index contributed by atoms with van der Waals surface area (Å²) in [5.41, 5.74) is 3.10. The van der Waals surface area contributed by atoms with Gasteiger partial charge in [-0.1, -0.05) is 61.0 Å². The number of methoxy groups -OCH3 is 2. The van der Waals surface area contributed by atoms with E-state index in [0.717, 1.165) is 28.7 Å². The van der Waals surface area contributed by atoms with Gasteiger partial charge in [0.15, 0.2) is 5.76 Å². The molecular weight excluding hydrogens is 681 g/mol. The molecule has 4 aromatic rings. The van der Waals surface area contributed by atoms with Gasteiger partial charge in [-0.3, -0.25) is 4.79 Å². The molecule has 0 spiro atoms. The molecule has 286 valence electrons. The molecule has 9 heteroatoms. The number of carbonyl (C=O) groups excluding carboxylic acids is 2. The molecular formula is C45H54N2O7. The topological polar surface area (TPSA) is 121 Å². The first-order valence-corrected chi connectivity index (χ1v) is 19.0. The Morgan fingerprint density at radius 1 is 1.00 bits per heavy atom. The summed E-state index contributed by atoms with van der Waals surface area (Å²) < 4.78 is 16.8. The Hall–Kier alpha value is -4.86. The minimum Gasteiger partial charge on any atom is -0.497 e. The number of ether oxygens (including phenoxy) is 2. The van der Waals surface area contributed by atoms with Crippen molar-refractivity contribution in [2.45, 2.75) is 95.9 Å². The van der Waals surface area contributed by atoms with E-state index in [1.54, 1.807) is 37.3 Å². The number of allylic oxidation sites excluding steroid dienone is 2. The number of benzene rings is 3. The lowest BCUT2D eigenvalue weighted by Crippen LogP contribution is -2.55. The van der Waals surface area contributed by atoms with Crippen LogP contribution in [-0.2, 0) is 13.0 Å². The third-order valence-corrected chi connectivity index (χ3v) is 11.9. The average molecular weight is 735 g/mol. The van der Waals surface area contributed by atoms with Crippen LogP contribution in [0.5, 0.6) is 11.5 Å². The van der Waals surface area contributed by atoms with E-state index in [1.165, 1.54) is 11.8 Å². The molecule has 0 saturated heterocycles. The molecule has 1 aromatic heterocycles. The quantitative estimate of drug-likeness (QED) is 0.110. The van der Waals surface area contributed by atoms with E-state index in [1.807, 2.05) is 67.6 Å². The first kappa shape index (κ1) is 38.9. The molecule has 5 atom stereocenters. The highest BCUT2D eigenvalue weighted by Crippen LogP contribution is 2.59. The second-order valence-electron chi connectivity index (χ2n) is 15.4. The molecule has 1 fully saturated rings. The van der Waals surface area contributed by atoms with Crippen LogP contribution in [0.25, 0.3) is 0 Å². The Balaban J connectivity index is 1.42. The van der Waals surface area contributed by atoms with Crippen LogP contribution < -0.4 is 14.8 Å². The fourth-order valence-electron chi connectivity index (χ4n) is 8.54. The molecule has 0 aliphatic heterocycles. The zero-order valence-corrected chi connectivity index (χ0v) is 32.1. The number of hydrogen-bond donors (Lipinski definition) is 3. The number of aliphatic hydroxyl groups is 2. The zero-order chi connectivity index (χ0) is 38.5. The minimum absolute atomic E-state index is 0.0525. The number of nitrogens with zero attached hydrogens (tertiary/aromatic N) is 1. The number of ketones is 1. The van der Waals surface area contributed by atoms with Crippen LogP contribution in [0.2, 0.25) is 0 Å². The highest BCUT2D eigenvalue weighted by atomic mass is 16.5. The Morgan fingerprint density at radius 2 is 1.80 bits per heavy atom. The maximum atomic E-state index is 14.4. The predicted molar refractivity (Wildman–Crippen MR) is 209 cm³/mol. The number of hydrogen-bond acceptors (Lipinski definition) is 7. The molecule has 0 radical (unpaired) electrons. The minimum atomic E-state index is -1.33. The molecule has 54 heavy (non-hydrogen) atoms. The van der Waals surface area contributed by atoms with Gasteiger partial charge in [0.25, 0.3) is 0 Å². The van der Waals surface area contributed by atoms with Crippen molar-refractivity contribution in [2.75, 3.05) is 20.8 Å². The van der Waals surface area contributed by atoms with Gasteiger partial charge in [0.1, 0.15) is 11.5 Å². The van der Waals surface area contributed by atoms with Crippen LogP contribution >= 0.6 is 0 Å². The summed E-state index contributed by atoms with van der Waals surface area (Å²) >= 11 is 0. The number of carbonyl (C=O) groups is 2. The predicted octanol–water partition coefficient (Wildman–Crippen LogP) is 8.54. The van der Waals surface area contributed by atoms with Crippen LogP contribution in [0.4, 0.5) is 4.79 Å². The van der Waals surface area contributed by atoms with Crippen molar-refractivity contribution in [2.24, 2.45) is 5.41 Å². The number of fused-ring (bicyclic) bond motifs is 8. The van der Waals surface area contributed by atoms with E-state index in [-0.39, 0.29) is 42.6 Å². The van der Waals surface area contributed by atoms with Crippen LogP contribution in [0.1, 0.15) is 110 Å². The fourth-order valence-corrected chi connectivity index (χ4v) is 8.54. The zero-order valence-electron chi connectivity index (χ0n) is 32.1. The molecule has 2 amide bonds. The largest absolute Gasteiger partial charge is 0.497 e. The van der Waals surface area contributed by atoms with Crippen molar-refractivity contribution in [3.8, 4) is 11.5 Å². The lowest BCUT2D eigenvalue weighted by atomic mass is 9.64. The average Bonchev–Trinajstić information content (AvgIpc) is 3.80. The third kappa shape index (κ3) is 8.27. The number of amides is 2. The first-order valence-electron chi connectivity index (χ1n) is 19.0. The van der Waals surface area contributed by atoms with Crippen molar-refractivity contribution in [3.63, 3.8) is 0 Å². The van der Waals surface area contributed by atoms with Gasteiger partial charge in [0.2, 0.25) is 5.78 Å². The monoisotopic (exact) mass is 734 g/mol. The second-order valence-corrected chi connectivity index (χ2v) is 15.4. The Bertz CT molecular complexity index is 1940. The van der Waals surface area contributed by atoms with E-state index in [9.17, 15) is 19.8 Å². The molecule has 3 aliphatic rings. The maximum Gasteiger partial charge on any atom is 0.318 e. The molecule has 3 aliphatic carbocycles. The summed E-state index contributed by atoms with van der Waals surface area (Å²) in [6.45, 7) is 6.40. The van der Waals surface area contributed by atoms with Gasteiger partial charge >= 0.3 is 6.03 Å². The Labute approximate surface area is 319 Å². The fraction of sp³-hybridized carbons (Fsp3) is 0.422. The molecule has 3 aromatic carbocycles. The summed E-state index contributed by atoms with van der Waals surface area (Å²) in [4.78, 5) is 30.2. The molecule has 1 heterocycles. The van der Waals surface area contributed by atoms with Crippen LogP contribution in [0.3, 0.4) is 0 Å². The normalized spacial score (nSPS) is 23.4. The lowest BCUT2D eigenvalue weighted by molar-refractivity contribution is -0.0781. The van der Waals surface area contributed by atoms with Crippen molar-refractivity contribution in [3.05, 3.63) is 130 Å². The van der Waals surface area contributed by atoms with Crippen LogP contribution in [-0.4, -0.2) is 59.4 Å². The van der Waals surface area contributed by atoms with Gasteiger partial charge in [0, 0.05) is 22.6 Å². The van der Waals surface area contributed by atoms with Gasteiger partial charge in [-0.2, -0.15) is 0 Å². The number of rotatable bonds is 10. The van der Waals surface area contributed by atoms with E-state index >= 15 is 0 Å². The van der Waals surface area contributed by atoms with Gasteiger partial charge in [0.05, 0.1) is 51.3 Å². The first-order chi connectivity index (χ1) is 25.9. The van der Waals surface area contributed by atoms with Crippen molar-refractivity contribution >= 4 is 11.8 Å². The van der Waals surface area contributed by atoms with Crippen molar-refractivity contribution in [1.82, 2.24) is 10.2 Å². The third-order valence-electron chi connectivity index (χ3n) is 11.9. The SMILES string of the molecule is COc1ccc(CN(CC2(O)CCC3c4ccc(cc4C(=O)c4ccco4)CC(O)CCC(C)=CCCC32C)C(=O)NC(C)c2ccccc2)c(OC)c1. The smallest absolute Gasteiger partial charge is 0.318 e. The number of nitrogens with one attached hydrogen (secondary N) is 1. The van der Waals surface area contributed by atoms with Crippen LogP contribution in [0.15, 0.2) is 101 Å². The summed E-state index contributed by atoms with van der Waals surface area (Å²) in [7, 11) is 3.19. The summed E-state index contributed by atoms with van der Waals surface area (Å²) in [5.74, 6) is 1.02. The standard InChI is InChI=1S/C45H54N2O7/c1-30-11-9-22-44(3)39(37-20-16-32(25-35(48)18-15-30)26-38(37)42(49)40-14-10-24-54-40)21-23-45(44,51)29-47(28-34-17-19-36(52-4)27-41(34)53-5)43(50)46-31(2)33-12-7-6-8-13-33/h6-8,10-14,16-17,19-20,24,26-27,31,35,39,48,51H,9,15,18,21-23,25,28-29H2,1-5H3,(H,46,50). The molecule has 9 nitrogen and oxygen atoms in total. The van der Waals surface area contributed by atoms with Gasteiger partial charge in [-0.05, 0) is 112 Å². The van der Waals surface area contributed by atoms with E-state index in [4.69, 9.17) is 13.9 Å². The molecule has 3 N–H and O–H groups in total. The number of aliphatic hydroxyl groups excluding tert-OH is 1. The maximum absolute atomic E-state index is 14.4. The van der Waals surface area contributed by atoms with E-state index in [0.29, 0.717) is 55.6 Å². The Kier molecular flexibility index (Phi) is 12.0. The number of furan rings is 1. The second kappa shape index (κ2) is 16.7. The molecule has 5 unspecified atom stereocenters. The highest BCUT2D eigenvalue weighted by molar-refractivity contribution is 6.08. The number of urea groups is 1. The van der Waals surface area contributed by atoms with Gasteiger partial charge in [-0.25, -0.2) is 4.79 Å². The van der Waals surface area contributed by atoms with E-state index in [2.05, 4.69) is 25.2 Å². The lowest BCUT2D eigenvalue weighted by Gasteiger charge is -2.46. The van der Waals surface area contributed by atoms with Gasteiger partial charge < -0.3 is 34.3 Å². The summed E-state index contributed by atoms with van der Waals surface area (Å²) in [6.07, 6.45) is 7.29. The molecule has 2 bridgehead atoms. The van der Waals surface area contributed by atoms with E-state index < -0.39 is 17.1 Å². The highest BCUT2D eigenvalue weighted by Gasteiger charge is 2.57. The van der Waals surface area contributed by atoms with Gasteiger partial charge in [-0.15, -0.1) is 0 Å². The van der Waals surface area contributed by atoms with Crippen LogP contribution in [0, 0.1) is 5.41 Å².